The normalized spacial score (nSPS) is 28.7. The van der Waals surface area contributed by atoms with E-state index in [4.69, 9.17) is 19.0 Å². The summed E-state index contributed by atoms with van der Waals surface area (Å²) in [6.45, 7) is 14.7. The summed E-state index contributed by atoms with van der Waals surface area (Å²) >= 11 is 1.79. The molecule has 5 rings (SSSR count). The molecule has 1 aromatic heterocycles. The van der Waals surface area contributed by atoms with E-state index < -0.39 is 12.7 Å². The number of fused-ring (bicyclic) bond motifs is 1. The molecule has 1 amide bonds. The van der Waals surface area contributed by atoms with Gasteiger partial charge in [0.05, 0.1) is 27.5 Å². The molecule has 0 unspecified atom stereocenters. The van der Waals surface area contributed by atoms with Gasteiger partial charge in [-0.25, -0.2) is 9.78 Å². The molecule has 0 saturated carbocycles. The molecule has 0 radical (unpaired) electrons. The van der Waals surface area contributed by atoms with E-state index in [2.05, 4.69) is 38.7 Å². The van der Waals surface area contributed by atoms with Crippen LogP contribution in [0.5, 0.6) is 0 Å². The number of likely N-dealkylation sites (tertiary alicyclic amines) is 1. The number of hydrogen-bond acceptors (Lipinski definition) is 6. The van der Waals surface area contributed by atoms with Crippen LogP contribution in [0.25, 0.3) is 11.0 Å². The second kappa shape index (κ2) is 6.90. The van der Waals surface area contributed by atoms with Gasteiger partial charge >= 0.3 is 13.2 Å². The summed E-state index contributed by atoms with van der Waals surface area (Å²) in [5, 5.41) is 0.130. The van der Waals surface area contributed by atoms with Crippen molar-refractivity contribution in [3.8, 4) is 0 Å². The number of ether oxygens (including phenoxy) is 1. The minimum Gasteiger partial charge on any atom is -0.444 e. The van der Waals surface area contributed by atoms with Crippen LogP contribution in [-0.2, 0) is 14.0 Å². The minimum atomic E-state index is -0.501. The van der Waals surface area contributed by atoms with E-state index in [0.717, 1.165) is 41.7 Å². The molecule has 1 spiro atoms. The van der Waals surface area contributed by atoms with Gasteiger partial charge in [-0.05, 0) is 78.9 Å². The highest BCUT2D eigenvalue weighted by molar-refractivity contribution is 8.08. The lowest BCUT2D eigenvalue weighted by atomic mass is 9.79. The zero-order valence-corrected chi connectivity index (χ0v) is 20.8. The number of aromatic nitrogens is 2. The Bertz CT molecular complexity index is 1060. The van der Waals surface area contributed by atoms with Crippen molar-refractivity contribution in [3.63, 3.8) is 0 Å². The second-order valence-electron chi connectivity index (χ2n) is 11.1. The maximum atomic E-state index is 12.8. The Labute approximate surface area is 194 Å². The summed E-state index contributed by atoms with van der Waals surface area (Å²) in [6, 6.07) is 6.09. The Morgan fingerprint density at radius 1 is 1.25 bits per heavy atom. The summed E-state index contributed by atoms with van der Waals surface area (Å²) < 4.78 is 18.1. The molecule has 32 heavy (non-hydrogen) atoms. The number of carbonyl (C=O) groups excluding carboxylic acids is 1. The van der Waals surface area contributed by atoms with Crippen LogP contribution in [-0.4, -0.2) is 56.3 Å². The van der Waals surface area contributed by atoms with Crippen molar-refractivity contribution in [1.29, 1.82) is 0 Å². The van der Waals surface area contributed by atoms with Gasteiger partial charge in [0.25, 0.3) is 0 Å². The van der Waals surface area contributed by atoms with Crippen LogP contribution in [0.3, 0.4) is 0 Å². The van der Waals surface area contributed by atoms with Gasteiger partial charge < -0.3 is 19.0 Å². The highest BCUT2D eigenvalue weighted by Crippen LogP contribution is 2.70. The third-order valence-electron chi connectivity index (χ3n) is 6.96. The van der Waals surface area contributed by atoms with Crippen LogP contribution in [0, 0.1) is 0 Å². The molecule has 9 heteroatoms. The Balaban J connectivity index is 1.37. The second-order valence-corrected chi connectivity index (χ2v) is 12.5. The van der Waals surface area contributed by atoms with E-state index in [0.29, 0.717) is 0 Å². The molecule has 3 aliphatic rings. The summed E-state index contributed by atoms with van der Waals surface area (Å²) in [6.07, 6.45) is 1.71. The van der Waals surface area contributed by atoms with Crippen molar-refractivity contribution in [1.82, 2.24) is 14.9 Å². The average Bonchev–Trinajstić information content (AvgIpc) is 2.94. The number of rotatable bonds is 2. The SMILES string of the molecule is CC(C)(C)OC(=O)N1CCC[C@]12S[C@@H]2c1nc2ccc(B3OC(C)(C)C(C)(C)O3)cc2[nH]1. The molecule has 4 heterocycles. The molecule has 3 fully saturated rings. The zero-order valence-electron chi connectivity index (χ0n) is 19.9. The van der Waals surface area contributed by atoms with Gasteiger partial charge in [-0.3, -0.25) is 4.90 Å². The predicted molar refractivity (Wildman–Crippen MR) is 127 cm³/mol. The molecular formula is C23H32BN3O4S. The first-order valence-corrected chi connectivity index (χ1v) is 12.2. The van der Waals surface area contributed by atoms with Gasteiger partial charge in [0, 0.05) is 6.54 Å². The van der Waals surface area contributed by atoms with Crippen molar-refractivity contribution >= 4 is 41.5 Å². The van der Waals surface area contributed by atoms with Crippen LogP contribution < -0.4 is 5.46 Å². The minimum absolute atomic E-state index is 0.130. The number of carbonyl (C=O) groups is 1. The van der Waals surface area contributed by atoms with Crippen LogP contribution in [0.1, 0.15) is 72.4 Å². The Hall–Kier alpha value is -1.71. The zero-order chi connectivity index (χ0) is 23.1. The molecule has 0 aliphatic carbocycles. The molecule has 3 aliphatic heterocycles. The summed E-state index contributed by atoms with van der Waals surface area (Å²) in [5.74, 6) is 0.909. The smallest absolute Gasteiger partial charge is 0.444 e. The number of nitrogens with zero attached hydrogens (tertiary/aromatic N) is 2. The monoisotopic (exact) mass is 457 g/mol. The molecule has 172 valence electrons. The number of nitrogens with one attached hydrogen (secondary N) is 1. The van der Waals surface area contributed by atoms with Gasteiger partial charge in [-0.2, -0.15) is 0 Å². The third kappa shape index (κ3) is 3.53. The fourth-order valence-electron chi connectivity index (χ4n) is 4.51. The number of imidazole rings is 1. The average molecular weight is 457 g/mol. The van der Waals surface area contributed by atoms with E-state index >= 15 is 0 Å². The number of amides is 1. The van der Waals surface area contributed by atoms with E-state index in [1.807, 2.05) is 37.8 Å². The van der Waals surface area contributed by atoms with Crippen LogP contribution in [0.15, 0.2) is 18.2 Å². The number of H-pyrrole nitrogens is 1. The number of thioether (sulfide) groups is 1. The van der Waals surface area contributed by atoms with Crippen molar-refractivity contribution in [2.75, 3.05) is 6.54 Å². The topological polar surface area (TPSA) is 76.7 Å². The van der Waals surface area contributed by atoms with Gasteiger partial charge in [0.2, 0.25) is 0 Å². The summed E-state index contributed by atoms with van der Waals surface area (Å²) in [7, 11) is -0.407. The summed E-state index contributed by atoms with van der Waals surface area (Å²) in [5.41, 5.74) is 1.58. The van der Waals surface area contributed by atoms with Gasteiger partial charge in [0.1, 0.15) is 16.3 Å². The van der Waals surface area contributed by atoms with Crippen LogP contribution >= 0.6 is 11.8 Å². The fourth-order valence-corrected chi connectivity index (χ4v) is 5.98. The first kappa shape index (κ1) is 22.1. The highest BCUT2D eigenvalue weighted by Gasteiger charge is 2.65. The molecule has 1 N–H and O–H groups in total. The largest absolute Gasteiger partial charge is 0.494 e. The van der Waals surface area contributed by atoms with E-state index in [1.165, 1.54) is 0 Å². The molecule has 1 aromatic carbocycles. The first-order chi connectivity index (χ1) is 14.8. The lowest BCUT2D eigenvalue weighted by Gasteiger charge is -2.32. The molecule has 0 bridgehead atoms. The maximum Gasteiger partial charge on any atom is 0.494 e. The lowest BCUT2D eigenvalue weighted by Crippen LogP contribution is -2.41. The third-order valence-corrected chi connectivity index (χ3v) is 8.62. The Kier molecular flexibility index (Phi) is 4.77. The Morgan fingerprint density at radius 2 is 1.94 bits per heavy atom. The fraction of sp³-hybridized carbons (Fsp3) is 0.652. The molecule has 2 atom stereocenters. The van der Waals surface area contributed by atoms with Gasteiger partial charge in [0.15, 0.2) is 0 Å². The summed E-state index contributed by atoms with van der Waals surface area (Å²) in [4.78, 5) is 22.8. The first-order valence-electron chi connectivity index (χ1n) is 11.4. The van der Waals surface area contributed by atoms with Crippen LogP contribution in [0.4, 0.5) is 4.79 Å². The molecular weight excluding hydrogens is 425 g/mol. The molecule has 3 saturated heterocycles. The van der Waals surface area contributed by atoms with Crippen molar-refractivity contribution in [2.45, 2.75) is 88.2 Å². The van der Waals surface area contributed by atoms with E-state index in [9.17, 15) is 4.79 Å². The quantitative estimate of drug-likeness (QED) is 0.533. The molecule has 7 nitrogen and oxygen atoms in total. The Morgan fingerprint density at radius 3 is 2.59 bits per heavy atom. The lowest BCUT2D eigenvalue weighted by molar-refractivity contribution is 0.00578. The maximum absolute atomic E-state index is 12.8. The van der Waals surface area contributed by atoms with E-state index in [1.54, 1.807) is 11.8 Å². The predicted octanol–water partition coefficient (Wildman–Crippen LogP) is 4.38. The number of benzene rings is 1. The van der Waals surface area contributed by atoms with Crippen LogP contribution in [0.2, 0.25) is 0 Å². The standard InChI is InChI=1S/C23H32BN3O4S/c1-20(2,3)29-19(28)27-12-8-11-23(27)17(32-23)18-25-15-10-9-14(13-16(15)26-18)24-30-21(4,5)22(6,7)31-24/h9-10,13,17H,8,11-12H2,1-7H3,(H,25,26)/t17-,23-/m1/s1. The van der Waals surface area contributed by atoms with E-state index in [-0.39, 0.29) is 27.4 Å². The van der Waals surface area contributed by atoms with Crippen molar-refractivity contribution < 1.29 is 18.8 Å². The molecule has 2 aromatic rings. The van der Waals surface area contributed by atoms with Gasteiger partial charge in [-0.15, -0.1) is 11.8 Å². The van der Waals surface area contributed by atoms with Gasteiger partial charge in [-0.1, -0.05) is 6.07 Å². The van der Waals surface area contributed by atoms with Crippen molar-refractivity contribution in [3.05, 3.63) is 24.0 Å². The number of aromatic amines is 1. The van der Waals surface area contributed by atoms with Crippen molar-refractivity contribution in [2.24, 2.45) is 0 Å². The number of hydrogen-bond donors (Lipinski definition) is 1. The highest BCUT2D eigenvalue weighted by atomic mass is 32.2.